The molecule has 4 rings (SSSR count). The Labute approximate surface area is 180 Å². The largest absolute Gasteiger partial charge is 0.489 e. The lowest BCUT2D eigenvalue weighted by Crippen LogP contribution is -2.51. The molecule has 1 saturated heterocycles. The number of hydrogen-bond acceptors (Lipinski definition) is 4. The fourth-order valence-electron chi connectivity index (χ4n) is 4.30. The molecular formula is C21H23ClN2O5S. The molecule has 4 atom stereocenters. The third kappa shape index (κ3) is 3.80. The summed E-state index contributed by atoms with van der Waals surface area (Å²) < 4.78 is 35.7. The Morgan fingerprint density at radius 1 is 1.20 bits per heavy atom. The van der Waals surface area contributed by atoms with Crippen LogP contribution in [0.5, 0.6) is 5.75 Å². The van der Waals surface area contributed by atoms with E-state index in [2.05, 4.69) is 4.72 Å². The van der Waals surface area contributed by atoms with Crippen molar-refractivity contribution < 1.29 is 23.1 Å². The summed E-state index contributed by atoms with van der Waals surface area (Å²) in [5, 5.41) is 10.5. The SMILES string of the molecule is CC1[C@H](c2ccccc2)[C@]1(NS(=O)(=O)N1CCC(Oc2ccc(Cl)cc2)C1)C(=O)O. The van der Waals surface area contributed by atoms with Crippen molar-refractivity contribution in [2.45, 2.75) is 30.9 Å². The van der Waals surface area contributed by atoms with Crippen molar-refractivity contribution in [2.75, 3.05) is 13.1 Å². The van der Waals surface area contributed by atoms with Crippen molar-refractivity contribution in [2.24, 2.45) is 5.92 Å². The van der Waals surface area contributed by atoms with E-state index < -0.39 is 27.6 Å². The van der Waals surface area contributed by atoms with E-state index in [9.17, 15) is 18.3 Å². The third-order valence-electron chi connectivity index (χ3n) is 5.97. The Morgan fingerprint density at radius 2 is 1.87 bits per heavy atom. The summed E-state index contributed by atoms with van der Waals surface area (Å²) in [6.07, 6.45) is 0.200. The van der Waals surface area contributed by atoms with E-state index in [-0.39, 0.29) is 25.1 Å². The van der Waals surface area contributed by atoms with Crippen LogP contribution >= 0.6 is 11.6 Å². The van der Waals surface area contributed by atoms with E-state index in [0.717, 1.165) is 5.56 Å². The summed E-state index contributed by atoms with van der Waals surface area (Å²) >= 11 is 5.87. The van der Waals surface area contributed by atoms with Gasteiger partial charge >= 0.3 is 5.97 Å². The number of benzene rings is 2. The quantitative estimate of drug-likeness (QED) is 0.676. The smallest absolute Gasteiger partial charge is 0.325 e. The monoisotopic (exact) mass is 450 g/mol. The van der Waals surface area contributed by atoms with Crippen LogP contribution in [0.15, 0.2) is 54.6 Å². The maximum absolute atomic E-state index is 13.0. The molecule has 9 heteroatoms. The Kier molecular flexibility index (Phi) is 5.52. The molecule has 2 aromatic rings. The number of rotatable bonds is 7. The lowest BCUT2D eigenvalue weighted by molar-refractivity contribution is -0.140. The third-order valence-corrected chi connectivity index (χ3v) is 7.83. The minimum absolute atomic E-state index is 0.151. The van der Waals surface area contributed by atoms with Gasteiger partial charge in [0.2, 0.25) is 0 Å². The zero-order valence-corrected chi connectivity index (χ0v) is 17.9. The van der Waals surface area contributed by atoms with Crippen LogP contribution in [0, 0.1) is 5.92 Å². The lowest BCUT2D eigenvalue weighted by Gasteiger charge is -2.22. The van der Waals surface area contributed by atoms with E-state index in [1.807, 2.05) is 30.3 Å². The van der Waals surface area contributed by atoms with E-state index >= 15 is 0 Å². The number of carboxylic acids is 1. The highest BCUT2D eigenvalue weighted by molar-refractivity contribution is 7.87. The Morgan fingerprint density at radius 3 is 2.50 bits per heavy atom. The number of hydrogen-bond donors (Lipinski definition) is 2. The molecule has 1 saturated carbocycles. The van der Waals surface area contributed by atoms with Crippen molar-refractivity contribution in [3.63, 3.8) is 0 Å². The van der Waals surface area contributed by atoms with Crippen LogP contribution in [-0.4, -0.2) is 48.5 Å². The summed E-state index contributed by atoms with van der Waals surface area (Å²) in [5.74, 6) is -1.34. The zero-order valence-electron chi connectivity index (χ0n) is 16.4. The highest BCUT2D eigenvalue weighted by Gasteiger charge is 2.70. The van der Waals surface area contributed by atoms with Crippen LogP contribution in [0.3, 0.4) is 0 Å². The molecule has 1 heterocycles. The fraction of sp³-hybridized carbons (Fsp3) is 0.381. The second kappa shape index (κ2) is 7.85. The van der Waals surface area contributed by atoms with Crippen LogP contribution in [0.25, 0.3) is 0 Å². The Bertz CT molecular complexity index is 1030. The predicted octanol–water partition coefficient (Wildman–Crippen LogP) is 2.88. The Hall–Kier alpha value is -2.13. The molecule has 160 valence electrons. The van der Waals surface area contributed by atoms with Gasteiger partial charge in [0.15, 0.2) is 0 Å². The van der Waals surface area contributed by atoms with E-state index in [1.165, 1.54) is 4.31 Å². The summed E-state index contributed by atoms with van der Waals surface area (Å²) in [7, 11) is -4.00. The minimum Gasteiger partial charge on any atom is -0.489 e. The van der Waals surface area contributed by atoms with Crippen LogP contribution in [0.1, 0.15) is 24.8 Å². The van der Waals surface area contributed by atoms with Crippen LogP contribution in [0.2, 0.25) is 5.02 Å². The molecule has 7 nitrogen and oxygen atoms in total. The standard InChI is InChI=1S/C21H23ClN2O5S/c1-14-19(15-5-3-2-4-6-15)21(14,20(25)26)23-30(27,28)24-12-11-18(13-24)29-17-9-7-16(22)8-10-17/h2-10,14,18-19,23H,11-13H2,1H3,(H,25,26)/t14?,18?,19-,21+/m1/s1. The number of carboxylic acid groups (broad SMARTS) is 1. The number of carbonyl (C=O) groups is 1. The molecule has 0 amide bonds. The number of nitrogens with one attached hydrogen (secondary N) is 1. The zero-order chi connectivity index (χ0) is 21.5. The first-order valence-electron chi connectivity index (χ1n) is 9.73. The van der Waals surface area contributed by atoms with Gasteiger partial charge in [0, 0.05) is 17.5 Å². The van der Waals surface area contributed by atoms with Gasteiger partial charge in [-0.3, -0.25) is 4.79 Å². The average molecular weight is 451 g/mol. The first-order valence-corrected chi connectivity index (χ1v) is 11.6. The van der Waals surface area contributed by atoms with Gasteiger partial charge in [0.25, 0.3) is 10.2 Å². The molecule has 0 spiro atoms. The molecule has 2 aliphatic rings. The Balaban J connectivity index is 1.47. The second-order valence-corrected chi connectivity index (χ2v) is 9.91. The highest BCUT2D eigenvalue weighted by atomic mass is 35.5. The summed E-state index contributed by atoms with van der Waals surface area (Å²) in [5.41, 5.74) is -0.740. The van der Waals surface area contributed by atoms with Crippen molar-refractivity contribution in [3.05, 3.63) is 65.2 Å². The van der Waals surface area contributed by atoms with E-state index in [4.69, 9.17) is 16.3 Å². The highest BCUT2D eigenvalue weighted by Crippen LogP contribution is 2.58. The molecule has 0 bridgehead atoms. The summed E-state index contributed by atoms with van der Waals surface area (Å²) in [4.78, 5) is 12.1. The normalized spacial score (nSPS) is 28.9. The molecule has 2 aromatic carbocycles. The first-order chi connectivity index (χ1) is 14.2. The van der Waals surface area contributed by atoms with E-state index in [0.29, 0.717) is 17.2 Å². The average Bonchev–Trinajstić information content (AvgIpc) is 3.05. The van der Waals surface area contributed by atoms with Crippen molar-refractivity contribution in [1.29, 1.82) is 0 Å². The molecule has 0 aromatic heterocycles. The number of nitrogens with zero attached hydrogens (tertiary/aromatic N) is 1. The van der Waals surface area contributed by atoms with Crippen molar-refractivity contribution >= 4 is 27.8 Å². The topological polar surface area (TPSA) is 95.9 Å². The second-order valence-electron chi connectivity index (χ2n) is 7.80. The van der Waals surface area contributed by atoms with Gasteiger partial charge in [-0.1, -0.05) is 48.9 Å². The molecule has 1 aliphatic heterocycles. The molecule has 1 aliphatic carbocycles. The molecular weight excluding hydrogens is 428 g/mol. The number of halogens is 1. The molecule has 30 heavy (non-hydrogen) atoms. The molecule has 0 radical (unpaired) electrons. The molecule has 2 N–H and O–H groups in total. The number of ether oxygens (including phenoxy) is 1. The lowest BCUT2D eigenvalue weighted by atomic mass is 10.1. The molecule has 2 fully saturated rings. The summed E-state index contributed by atoms with van der Waals surface area (Å²) in [6.45, 7) is 2.16. The van der Waals surface area contributed by atoms with Gasteiger partial charge in [-0.05, 0) is 42.2 Å². The minimum atomic E-state index is -4.00. The van der Waals surface area contributed by atoms with E-state index in [1.54, 1.807) is 31.2 Å². The van der Waals surface area contributed by atoms with Gasteiger partial charge in [-0.2, -0.15) is 17.4 Å². The summed E-state index contributed by atoms with van der Waals surface area (Å²) in [6, 6.07) is 16.0. The van der Waals surface area contributed by atoms with Gasteiger partial charge in [0.05, 0.1) is 6.54 Å². The van der Waals surface area contributed by atoms with Crippen LogP contribution in [0.4, 0.5) is 0 Å². The fourth-order valence-corrected chi connectivity index (χ4v) is 6.09. The molecule has 2 unspecified atom stereocenters. The van der Waals surface area contributed by atoms with Crippen LogP contribution in [-0.2, 0) is 15.0 Å². The van der Waals surface area contributed by atoms with Crippen molar-refractivity contribution in [3.8, 4) is 5.75 Å². The first kappa shape index (κ1) is 21.1. The van der Waals surface area contributed by atoms with Gasteiger partial charge < -0.3 is 9.84 Å². The maximum atomic E-state index is 13.0. The van der Waals surface area contributed by atoms with Gasteiger partial charge in [0.1, 0.15) is 17.4 Å². The number of aliphatic carboxylic acids is 1. The maximum Gasteiger partial charge on any atom is 0.325 e. The van der Waals surface area contributed by atoms with Gasteiger partial charge in [-0.15, -0.1) is 0 Å². The van der Waals surface area contributed by atoms with Gasteiger partial charge in [-0.25, -0.2) is 0 Å². The van der Waals surface area contributed by atoms with Crippen LogP contribution < -0.4 is 9.46 Å². The predicted molar refractivity (Wildman–Crippen MR) is 113 cm³/mol. The van der Waals surface area contributed by atoms with Crippen molar-refractivity contribution in [1.82, 2.24) is 9.03 Å².